The number of nitrogens with zero attached hydrogens (tertiary/aromatic N) is 2. The van der Waals surface area contributed by atoms with Crippen LogP contribution >= 0.6 is 0 Å². The summed E-state index contributed by atoms with van der Waals surface area (Å²) in [5.41, 5.74) is 1.10. The van der Waals surface area contributed by atoms with Gasteiger partial charge in [-0.15, -0.1) is 0 Å². The smallest absolute Gasteiger partial charge is 0.140 e. The lowest BCUT2D eigenvalue weighted by atomic mass is 9.95. The predicted octanol–water partition coefficient (Wildman–Crippen LogP) is 2.11. The van der Waals surface area contributed by atoms with E-state index in [0.717, 1.165) is 50.2 Å². The first-order valence-corrected chi connectivity index (χ1v) is 5.49. The summed E-state index contributed by atoms with van der Waals surface area (Å²) < 4.78 is 5.36. The Morgan fingerprint density at radius 2 is 2.21 bits per heavy atom. The molecule has 0 aliphatic carbocycles. The van der Waals surface area contributed by atoms with Gasteiger partial charge in [0.05, 0.1) is 5.69 Å². The molecule has 1 aliphatic heterocycles. The minimum Gasteiger partial charge on any atom is -0.361 e. The molecule has 3 nitrogen and oxygen atoms in total. The predicted molar refractivity (Wildman–Crippen MR) is 54.3 cm³/mol. The first-order valence-electron chi connectivity index (χ1n) is 5.49. The topological polar surface area (TPSA) is 40.1 Å². The van der Waals surface area contributed by atoms with E-state index < -0.39 is 0 Å². The van der Waals surface area contributed by atoms with Gasteiger partial charge in [-0.1, -0.05) is 18.5 Å². The van der Waals surface area contributed by atoms with E-state index in [0.29, 0.717) is 5.92 Å². The minimum atomic E-state index is 0.561. The third-order valence-electron chi connectivity index (χ3n) is 2.76. The van der Waals surface area contributed by atoms with E-state index in [4.69, 9.17) is 4.52 Å². The molecule has 2 heterocycles. The van der Waals surface area contributed by atoms with Gasteiger partial charge in [-0.3, -0.25) is 0 Å². The monoisotopic (exact) mass is 193 g/mol. The zero-order chi connectivity index (χ0) is 9.80. The molecule has 1 aromatic heterocycles. The fraction of sp³-hybridized carbons (Fsp3) is 0.727. The Bertz CT molecular complexity index is 277. The Balaban J connectivity index is 2.00. The summed E-state index contributed by atoms with van der Waals surface area (Å²) in [7, 11) is 0. The number of rotatable bonds is 3. The van der Waals surface area contributed by atoms with Crippen molar-refractivity contribution >= 4 is 0 Å². The van der Waals surface area contributed by atoms with Gasteiger partial charge in [0, 0.05) is 25.1 Å². The van der Waals surface area contributed by atoms with Crippen LogP contribution in [0.15, 0.2) is 10.6 Å². The summed E-state index contributed by atoms with van der Waals surface area (Å²) in [5, 5.41) is 8.41. The Hall–Kier alpha value is -0.830. The van der Waals surface area contributed by atoms with Crippen molar-refractivity contribution in [3.63, 3.8) is 0 Å². The molecule has 77 valence electrons. The molecule has 0 N–H and O–H groups in total. The molecule has 1 fully saturated rings. The van der Waals surface area contributed by atoms with Crippen molar-refractivity contribution in [2.45, 2.75) is 38.5 Å². The lowest BCUT2D eigenvalue weighted by Crippen LogP contribution is -2.20. The molecule has 1 saturated heterocycles. The maximum Gasteiger partial charge on any atom is 0.140 e. The summed E-state index contributed by atoms with van der Waals surface area (Å²) in [6.07, 6.45) is 4.41. The van der Waals surface area contributed by atoms with E-state index in [-0.39, 0.29) is 0 Å². The average Bonchev–Trinajstić information content (AvgIpc) is 2.68. The lowest BCUT2D eigenvalue weighted by Gasteiger charge is -2.18. The van der Waals surface area contributed by atoms with Gasteiger partial charge >= 0.3 is 0 Å². The molecular formula is C11H17N2O. The first-order chi connectivity index (χ1) is 6.90. The molecule has 0 saturated carbocycles. The van der Waals surface area contributed by atoms with Gasteiger partial charge in [0.1, 0.15) is 5.76 Å². The van der Waals surface area contributed by atoms with Crippen molar-refractivity contribution in [3.05, 3.63) is 17.5 Å². The highest BCUT2D eigenvalue weighted by Crippen LogP contribution is 2.26. The maximum atomic E-state index is 5.36. The van der Waals surface area contributed by atoms with E-state index in [1.807, 2.05) is 0 Å². The van der Waals surface area contributed by atoms with Gasteiger partial charge in [0.2, 0.25) is 0 Å². The van der Waals surface area contributed by atoms with E-state index in [2.05, 4.69) is 23.5 Å². The Morgan fingerprint density at radius 3 is 2.93 bits per heavy atom. The molecule has 14 heavy (non-hydrogen) atoms. The Morgan fingerprint density at radius 1 is 1.43 bits per heavy atom. The third-order valence-corrected chi connectivity index (χ3v) is 2.76. The van der Waals surface area contributed by atoms with Gasteiger partial charge in [-0.25, -0.2) is 5.32 Å². The summed E-state index contributed by atoms with van der Waals surface area (Å²) in [6.45, 7) is 4.12. The normalized spacial score (nSPS) is 18.6. The summed E-state index contributed by atoms with van der Waals surface area (Å²) in [6, 6.07) is 2.12. The summed E-state index contributed by atoms with van der Waals surface area (Å²) in [4.78, 5) is 0. The lowest BCUT2D eigenvalue weighted by molar-refractivity contribution is 0.323. The second kappa shape index (κ2) is 4.60. The fourth-order valence-corrected chi connectivity index (χ4v) is 1.93. The van der Waals surface area contributed by atoms with Crippen LogP contribution in [0, 0.1) is 0 Å². The quantitative estimate of drug-likeness (QED) is 0.737. The molecule has 1 radical (unpaired) electrons. The van der Waals surface area contributed by atoms with Gasteiger partial charge in [0.25, 0.3) is 0 Å². The summed E-state index contributed by atoms with van der Waals surface area (Å²) in [5.74, 6) is 1.63. The van der Waals surface area contributed by atoms with Crippen LogP contribution in [-0.2, 0) is 6.42 Å². The number of aromatic nitrogens is 1. The van der Waals surface area contributed by atoms with Crippen LogP contribution in [0.2, 0.25) is 0 Å². The summed E-state index contributed by atoms with van der Waals surface area (Å²) >= 11 is 0. The van der Waals surface area contributed by atoms with Crippen LogP contribution in [0.25, 0.3) is 0 Å². The third kappa shape index (κ3) is 2.15. The Kier molecular flexibility index (Phi) is 3.19. The fourth-order valence-electron chi connectivity index (χ4n) is 1.93. The van der Waals surface area contributed by atoms with Gasteiger partial charge in [-0.2, -0.15) is 0 Å². The highest BCUT2D eigenvalue weighted by atomic mass is 16.5. The van der Waals surface area contributed by atoms with E-state index in [1.165, 1.54) is 0 Å². The number of aryl methyl sites for hydroxylation is 1. The molecule has 0 spiro atoms. The zero-order valence-corrected chi connectivity index (χ0v) is 8.70. The number of hydrogen-bond acceptors (Lipinski definition) is 2. The molecule has 2 rings (SSSR count). The molecule has 0 bridgehead atoms. The van der Waals surface area contributed by atoms with Crippen molar-refractivity contribution in [2.24, 2.45) is 0 Å². The van der Waals surface area contributed by atoms with E-state index in [9.17, 15) is 0 Å². The molecule has 1 aromatic rings. The molecule has 0 aromatic carbocycles. The van der Waals surface area contributed by atoms with Gasteiger partial charge in [0.15, 0.2) is 0 Å². The molecule has 3 heteroatoms. The van der Waals surface area contributed by atoms with Crippen LogP contribution in [-0.4, -0.2) is 18.2 Å². The van der Waals surface area contributed by atoms with Gasteiger partial charge < -0.3 is 4.52 Å². The van der Waals surface area contributed by atoms with E-state index in [1.54, 1.807) is 0 Å². The molecule has 0 unspecified atom stereocenters. The molecule has 1 aliphatic rings. The molecule has 0 atom stereocenters. The van der Waals surface area contributed by atoms with Crippen LogP contribution in [0.4, 0.5) is 0 Å². The van der Waals surface area contributed by atoms with Crippen molar-refractivity contribution in [1.82, 2.24) is 10.5 Å². The highest BCUT2D eigenvalue weighted by Gasteiger charge is 2.19. The van der Waals surface area contributed by atoms with Crippen LogP contribution in [0.1, 0.15) is 43.6 Å². The van der Waals surface area contributed by atoms with E-state index >= 15 is 0 Å². The Labute approximate surface area is 84.9 Å². The number of piperidine rings is 1. The standard InChI is InChI=1S/C11H17N2O/c1-2-3-10-8-11(14-13-10)9-4-6-12-7-5-9/h8-9H,2-7H2,1H3. The maximum absolute atomic E-state index is 5.36. The minimum absolute atomic E-state index is 0.561. The second-order valence-electron chi connectivity index (χ2n) is 3.92. The van der Waals surface area contributed by atoms with Crippen LogP contribution < -0.4 is 5.32 Å². The number of hydrogen-bond donors (Lipinski definition) is 0. The van der Waals surface area contributed by atoms with Crippen molar-refractivity contribution < 1.29 is 4.52 Å². The van der Waals surface area contributed by atoms with Crippen LogP contribution in [0.3, 0.4) is 0 Å². The van der Waals surface area contributed by atoms with Crippen LogP contribution in [0.5, 0.6) is 0 Å². The molecular weight excluding hydrogens is 176 g/mol. The highest BCUT2D eigenvalue weighted by molar-refractivity contribution is 5.10. The largest absolute Gasteiger partial charge is 0.361 e. The second-order valence-corrected chi connectivity index (χ2v) is 3.92. The zero-order valence-electron chi connectivity index (χ0n) is 8.70. The average molecular weight is 193 g/mol. The van der Waals surface area contributed by atoms with Crippen molar-refractivity contribution in [3.8, 4) is 0 Å². The first kappa shape index (κ1) is 9.71. The van der Waals surface area contributed by atoms with Crippen molar-refractivity contribution in [1.29, 1.82) is 0 Å². The molecule has 0 amide bonds. The van der Waals surface area contributed by atoms with Crippen molar-refractivity contribution in [2.75, 3.05) is 13.1 Å². The van der Waals surface area contributed by atoms with Gasteiger partial charge in [-0.05, 0) is 19.3 Å². The SMILES string of the molecule is CCCc1cc(C2CC[N]CC2)on1.